The zero-order valence-electron chi connectivity index (χ0n) is 12.8. The summed E-state index contributed by atoms with van der Waals surface area (Å²) in [7, 11) is -3.70. The Morgan fingerprint density at radius 2 is 1.91 bits per heavy atom. The van der Waals surface area contributed by atoms with Crippen molar-refractivity contribution in [1.82, 2.24) is 4.72 Å². The lowest BCUT2D eigenvalue weighted by molar-refractivity contribution is 0.234. The van der Waals surface area contributed by atoms with Crippen molar-refractivity contribution in [2.24, 2.45) is 0 Å². The fraction of sp³-hybridized carbons (Fsp3) is 0.375. The van der Waals surface area contributed by atoms with Gasteiger partial charge in [-0.05, 0) is 24.1 Å². The summed E-state index contributed by atoms with van der Waals surface area (Å²) in [5.74, 6) is -0.0867. The van der Waals surface area contributed by atoms with Gasteiger partial charge >= 0.3 is 0 Å². The van der Waals surface area contributed by atoms with Crippen LogP contribution < -0.4 is 4.72 Å². The molecule has 1 aromatic heterocycles. The molecule has 0 aliphatic heterocycles. The van der Waals surface area contributed by atoms with Crippen LogP contribution in [0.1, 0.15) is 31.2 Å². The fourth-order valence-electron chi connectivity index (χ4n) is 2.56. The summed E-state index contributed by atoms with van der Waals surface area (Å²) in [4.78, 5) is 0. The maximum absolute atomic E-state index is 12.5. The highest BCUT2D eigenvalue weighted by atomic mass is 35.5. The molecule has 1 aromatic carbocycles. The van der Waals surface area contributed by atoms with E-state index in [0.717, 1.165) is 29.7 Å². The van der Waals surface area contributed by atoms with Crippen LogP contribution in [0.3, 0.4) is 0 Å². The summed E-state index contributed by atoms with van der Waals surface area (Å²) in [5.41, 5.74) is 1.01. The van der Waals surface area contributed by atoms with Gasteiger partial charge in [0.25, 0.3) is 0 Å². The second-order valence-corrected chi connectivity index (χ2v) is 8.93. The zero-order valence-corrected chi connectivity index (χ0v) is 15.2. The van der Waals surface area contributed by atoms with Crippen molar-refractivity contribution in [2.75, 3.05) is 6.61 Å². The van der Waals surface area contributed by atoms with Crippen LogP contribution in [0.5, 0.6) is 0 Å². The third-order valence-electron chi connectivity index (χ3n) is 3.63. The molecule has 4 nitrogen and oxygen atoms in total. The summed E-state index contributed by atoms with van der Waals surface area (Å²) in [6.45, 7) is 1.77. The summed E-state index contributed by atoms with van der Waals surface area (Å²) < 4.78 is 28.2. The second-order valence-electron chi connectivity index (χ2n) is 5.27. The molecular weight excluding hydrogens is 354 g/mol. The van der Waals surface area contributed by atoms with Crippen molar-refractivity contribution in [3.63, 3.8) is 0 Å². The molecule has 0 aliphatic rings. The molecule has 7 heteroatoms. The Balaban J connectivity index is 2.26. The molecule has 0 spiro atoms. The molecule has 2 atom stereocenters. The van der Waals surface area contributed by atoms with Gasteiger partial charge in [-0.15, -0.1) is 11.3 Å². The van der Waals surface area contributed by atoms with E-state index in [9.17, 15) is 13.5 Å². The molecule has 2 aromatic rings. The van der Waals surface area contributed by atoms with Gasteiger partial charge in [-0.1, -0.05) is 55.3 Å². The van der Waals surface area contributed by atoms with Crippen LogP contribution >= 0.6 is 22.9 Å². The minimum atomic E-state index is -3.70. The highest BCUT2D eigenvalue weighted by Gasteiger charge is 2.28. The van der Waals surface area contributed by atoms with E-state index in [1.165, 1.54) is 6.07 Å². The van der Waals surface area contributed by atoms with E-state index in [1.54, 1.807) is 6.07 Å². The van der Waals surface area contributed by atoms with E-state index in [2.05, 4.69) is 4.72 Å². The molecule has 0 saturated carbocycles. The summed E-state index contributed by atoms with van der Waals surface area (Å²) >= 11 is 6.82. The Kier molecular flexibility index (Phi) is 6.61. The molecule has 0 radical (unpaired) electrons. The van der Waals surface area contributed by atoms with Crippen LogP contribution in [0.25, 0.3) is 0 Å². The summed E-state index contributed by atoms with van der Waals surface area (Å²) in [6.07, 6.45) is 1.67. The van der Waals surface area contributed by atoms with Gasteiger partial charge in [-0.2, -0.15) is 0 Å². The predicted octanol–water partition coefficient (Wildman–Crippen LogP) is 3.62. The molecule has 126 valence electrons. The molecule has 2 N–H and O–H groups in total. The van der Waals surface area contributed by atoms with Crippen LogP contribution in [-0.2, 0) is 10.0 Å². The largest absolute Gasteiger partial charge is 0.395 e. The van der Waals surface area contributed by atoms with Crippen molar-refractivity contribution < 1.29 is 13.5 Å². The first-order valence-electron chi connectivity index (χ1n) is 7.41. The number of aliphatic hydroxyl groups is 1. The van der Waals surface area contributed by atoms with Gasteiger partial charge in [-0.25, -0.2) is 13.1 Å². The van der Waals surface area contributed by atoms with Crippen LogP contribution in [0, 0.1) is 0 Å². The number of aliphatic hydroxyl groups excluding tert-OH is 1. The van der Waals surface area contributed by atoms with Crippen molar-refractivity contribution in [3.8, 4) is 0 Å². The maximum Gasteiger partial charge on any atom is 0.250 e. The second kappa shape index (κ2) is 8.26. The van der Waals surface area contributed by atoms with Crippen molar-refractivity contribution in [1.29, 1.82) is 0 Å². The quantitative estimate of drug-likeness (QED) is 0.742. The monoisotopic (exact) mass is 373 g/mol. The normalized spacial score (nSPS) is 14.6. The molecule has 0 unspecified atom stereocenters. The van der Waals surface area contributed by atoms with Crippen LogP contribution in [0.4, 0.5) is 0 Å². The Morgan fingerprint density at radius 3 is 2.43 bits per heavy atom. The first-order valence-corrected chi connectivity index (χ1v) is 10.1. The third kappa shape index (κ3) is 4.78. The van der Waals surface area contributed by atoms with Gasteiger partial charge in [0.05, 0.1) is 17.0 Å². The lowest BCUT2D eigenvalue weighted by Gasteiger charge is -2.26. The zero-order chi connectivity index (χ0) is 16.9. The topological polar surface area (TPSA) is 66.4 Å². The molecule has 23 heavy (non-hydrogen) atoms. The number of thiophene rings is 1. The Labute approximate surface area is 146 Å². The van der Waals surface area contributed by atoms with Crippen molar-refractivity contribution in [3.05, 3.63) is 52.4 Å². The van der Waals surface area contributed by atoms with Crippen molar-refractivity contribution in [2.45, 2.75) is 35.9 Å². The van der Waals surface area contributed by atoms with Gasteiger partial charge in [0, 0.05) is 5.92 Å². The molecule has 0 amide bonds. The lowest BCUT2D eigenvalue weighted by atomic mass is 9.88. The van der Waals surface area contributed by atoms with E-state index in [4.69, 9.17) is 11.6 Å². The number of halogens is 1. The van der Waals surface area contributed by atoms with Gasteiger partial charge < -0.3 is 5.11 Å². The lowest BCUT2D eigenvalue weighted by Crippen LogP contribution is -2.41. The van der Waals surface area contributed by atoms with Crippen LogP contribution in [0.2, 0.25) is 4.34 Å². The number of sulfonamides is 1. The number of nitrogens with one attached hydrogen (secondary N) is 1. The average molecular weight is 374 g/mol. The smallest absolute Gasteiger partial charge is 0.250 e. The van der Waals surface area contributed by atoms with Gasteiger partial charge in [0.1, 0.15) is 4.21 Å². The standard InChI is InChI=1S/C16H20ClNO3S2/c1-2-6-13(12-7-4-3-5-8-12)14(11-19)18-23(20,21)16-10-9-15(17)22-16/h3-5,7-10,13-14,18-19H,2,6,11H2,1H3/t13-,14+/m0/s1. The van der Waals surface area contributed by atoms with Crippen molar-refractivity contribution >= 4 is 33.0 Å². The summed E-state index contributed by atoms with van der Waals surface area (Å²) in [6, 6.07) is 12.1. The number of rotatable bonds is 8. The van der Waals surface area contributed by atoms with E-state index in [-0.39, 0.29) is 16.7 Å². The van der Waals surface area contributed by atoms with Gasteiger partial charge in [0.2, 0.25) is 10.0 Å². The molecule has 0 fully saturated rings. The number of hydrogen-bond acceptors (Lipinski definition) is 4. The van der Waals surface area contributed by atoms with Gasteiger partial charge in [-0.3, -0.25) is 0 Å². The Hall–Kier alpha value is -0.920. The molecule has 1 heterocycles. The Morgan fingerprint density at radius 1 is 1.22 bits per heavy atom. The minimum absolute atomic E-state index is 0.0867. The van der Waals surface area contributed by atoms with E-state index >= 15 is 0 Å². The van der Waals surface area contributed by atoms with E-state index in [0.29, 0.717) is 4.34 Å². The molecule has 2 rings (SSSR count). The number of benzene rings is 1. The first-order chi connectivity index (χ1) is 11.0. The molecular formula is C16H20ClNO3S2. The fourth-order valence-corrected chi connectivity index (χ4v) is 5.32. The third-order valence-corrected chi connectivity index (χ3v) is 6.84. The molecule has 0 saturated heterocycles. The van der Waals surface area contributed by atoms with Gasteiger partial charge in [0.15, 0.2) is 0 Å². The number of hydrogen-bond donors (Lipinski definition) is 2. The SMILES string of the molecule is CCC[C@@H](c1ccccc1)[C@@H](CO)NS(=O)(=O)c1ccc(Cl)s1. The first kappa shape index (κ1) is 18.4. The highest BCUT2D eigenvalue weighted by molar-refractivity contribution is 7.91. The summed E-state index contributed by atoms with van der Waals surface area (Å²) in [5, 5.41) is 9.75. The average Bonchev–Trinajstić information content (AvgIpc) is 2.99. The maximum atomic E-state index is 12.5. The molecule has 0 bridgehead atoms. The molecule has 0 aliphatic carbocycles. The van der Waals surface area contributed by atoms with E-state index < -0.39 is 16.1 Å². The van der Waals surface area contributed by atoms with E-state index in [1.807, 2.05) is 37.3 Å². The highest BCUT2D eigenvalue weighted by Crippen LogP contribution is 2.29. The predicted molar refractivity (Wildman–Crippen MR) is 94.6 cm³/mol. The van der Waals surface area contributed by atoms with Crippen LogP contribution in [-0.4, -0.2) is 26.2 Å². The van der Waals surface area contributed by atoms with Crippen LogP contribution in [0.15, 0.2) is 46.7 Å². The Bertz CT molecular complexity index is 716. The minimum Gasteiger partial charge on any atom is -0.395 e.